The summed E-state index contributed by atoms with van der Waals surface area (Å²) in [5.74, 6) is 1.27. The number of nitrogens with zero attached hydrogens (tertiary/aromatic N) is 4. The number of amides is 1. The zero-order chi connectivity index (χ0) is 18.9. The number of rotatable bonds is 5. The number of pyridine rings is 1. The summed E-state index contributed by atoms with van der Waals surface area (Å²) in [4.78, 5) is 17.0. The summed E-state index contributed by atoms with van der Waals surface area (Å²) in [6, 6.07) is 13.2. The van der Waals surface area contributed by atoms with Crippen LogP contribution in [0, 0.1) is 6.92 Å². The normalized spacial score (nSPS) is 15.2. The predicted octanol–water partition coefficient (Wildman–Crippen LogP) is 2.28. The fourth-order valence-corrected chi connectivity index (χ4v) is 3.28. The third-order valence-corrected chi connectivity index (χ3v) is 4.93. The van der Waals surface area contributed by atoms with Gasteiger partial charge in [0.15, 0.2) is 0 Å². The van der Waals surface area contributed by atoms with Crippen molar-refractivity contribution in [2.75, 3.05) is 18.5 Å². The lowest BCUT2D eigenvalue weighted by molar-refractivity contribution is -0.0611. The summed E-state index contributed by atoms with van der Waals surface area (Å²) in [7, 11) is 1.93. The van der Waals surface area contributed by atoms with Gasteiger partial charge in [-0.15, -0.1) is 10.2 Å². The molecule has 1 N–H and O–H groups in total. The molecule has 0 saturated carbocycles. The minimum atomic E-state index is -0.182. The number of anilines is 1. The molecule has 1 saturated heterocycles. The maximum absolute atomic E-state index is 12.7. The van der Waals surface area contributed by atoms with E-state index >= 15 is 0 Å². The third kappa shape index (κ3) is 3.46. The smallest absolute Gasteiger partial charge is 0.256 e. The van der Waals surface area contributed by atoms with Crippen LogP contribution in [0.5, 0.6) is 0 Å². The average molecular weight is 363 g/mol. The molecule has 27 heavy (non-hydrogen) atoms. The SMILES string of the molecule is Cc1cccc(NC(=O)c2cccc(C3(Cc4nncn4C)COC3)c2)n1. The van der Waals surface area contributed by atoms with Gasteiger partial charge in [-0.05, 0) is 36.8 Å². The standard InChI is InChI=1S/C20H21N5O2/c1-14-5-3-8-17(22-14)23-19(26)15-6-4-7-16(9-15)20(11-27-12-20)10-18-24-21-13-25(18)2/h3-9,13H,10-12H2,1-2H3,(H,22,23,26). The second kappa shape index (κ2) is 6.92. The molecule has 0 aliphatic carbocycles. The Morgan fingerprint density at radius 3 is 2.74 bits per heavy atom. The van der Waals surface area contributed by atoms with Crippen LogP contribution in [0.4, 0.5) is 5.82 Å². The summed E-state index contributed by atoms with van der Waals surface area (Å²) in [6.07, 6.45) is 2.41. The van der Waals surface area contributed by atoms with Crippen molar-refractivity contribution in [2.45, 2.75) is 18.8 Å². The Morgan fingerprint density at radius 1 is 1.26 bits per heavy atom. The molecular weight excluding hydrogens is 342 g/mol. The van der Waals surface area contributed by atoms with Gasteiger partial charge < -0.3 is 14.6 Å². The van der Waals surface area contributed by atoms with Gasteiger partial charge in [-0.2, -0.15) is 0 Å². The van der Waals surface area contributed by atoms with Crippen molar-refractivity contribution < 1.29 is 9.53 Å². The highest BCUT2D eigenvalue weighted by Crippen LogP contribution is 2.35. The Balaban J connectivity index is 1.58. The number of benzene rings is 1. The number of aromatic nitrogens is 4. The molecule has 1 amide bonds. The van der Waals surface area contributed by atoms with Crippen LogP contribution in [-0.2, 0) is 23.6 Å². The lowest BCUT2D eigenvalue weighted by atomic mass is 9.75. The number of carbonyl (C=O) groups excluding carboxylic acids is 1. The van der Waals surface area contributed by atoms with E-state index in [-0.39, 0.29) is 11.3 Å². The van der Waals surface area contributed by atoms with Crippen LogP contribution < -0.4 is 5.32 Å². The number of nitrogens with one attached hydrogen (secondary N) is 1. The summed E-state index contributed by atoms with van der Waals surface area (Å²) < 4.78 is 7.44. The fraction of sp³-hybridized carbons (Fsp3) is 0.300. The third-order valence-electron chi connectivity index (χ3n) is 4.93. The van der Waals surface area contributed by atoms with E-state index in [1.807, 2.05) is 54.9 Å². The molecule has 0 spiro atoms. The molecule has 3 heterocycles. The zero-order valence-corrected chi connectivity index (χ0v) is 15.3. The van der Waals surface area contributed by atoms with E-state index in [0.717, 1.165) is 17.1 Å². The Labute approximate surface area is 157 Å². The van der Waals surface area contributed by atoms with E-state index in [2.05, 4.69) is 20.5 Å². The lowest BCUT2D eigenvalue weighted by Crippen LogP contribution is -2.49. The first-order chi connectivity index (χ1) is 13.1. The first-order valence-electron chi connectivity index (χ1n) is 8.82. The zero-order valence-electron chi connectivity index (χ0n) is 15.3. The topological polar surface area (TPSA) is 81.9 Å². The number of hydrogen-bond acceptors (Lipinski definition) is 5. The molecule has 4 rings (SSSR count). The van der Waals surface area contributed by atoms with Gasteiger partial charge in [0, 0.05) is 30.1 Å². The highest BCUT2D eigenvalue weighted by molar-refractivity contribution is 6.03. The molecule has 0 bridgehead atoms. The summed E-state index contributed by atoms with van der Waals surface area (Å²) in [5, 5.41) is 11.0. The van der Waals surface area contributed by atoms with E-state index in [4.69, 9.17) is 4.74 Å². The van der Waals surface area contributed by atoms with E-state index in [9.17, 15) is 4.79 Å². The minimum Gasteiger partial charge on any atom is -0.379 e. The van der Waals surface area contributed by atoms with Gasteiger partial charge >= 0.3 is 0 Å². The molecule has 1 aromatic carbocycles. The van der Waals surface area contributed by atoms with Gasteiger partial charge in [0.05, 0.1) is 13.2 Å². The largest absolute Gasteiger partial charge is 0.379 e. The van der Waals surface area contributed by atoms with Gasteiger partial charge in [-0.25, -0.2) is 4.98 Å². The maximum atomic E-state index is 12.7. The fourth-order valence-electron chi connectivity index (χ4n) is 3.28. The molecule has 3 aromatic rings. The van der Waals surface area contributed by atoms with Crippen molar-refractivity contribution >= 4 is 11.7 Å². The second-order valence-electron chi connectivity index (χ2n) is 7.01. The highest BCUT2D eigenvalue weighted by Gasteiger charge is 2.41. The van der Waals surface area contributed by atoms with Crippen molar-refractivity contribution in [1.29, 1.82) is 0 Å². The second-order valence-corrected chi connectivity index (χ2v) is 7.01. The summed E-state index contributed by atoms with van der Waals surface area (Å²) in [6.45, 7) is 3.10. The van der Waals surface area contributed by atoms with Crippen molar-refractivity contribution in [3.63, 3.8) is 0 Å². The highest BCUT2D eigenvalue weighted by atomic mass is 16.5. The number of hydrogen-bond donors (Lipinski definition) is 1. The monoisotopic (exact) mass is 363 g/mol. The van der Waals surface area contributed by atoms with Crippen LogP contribution in [0.2, 0.25) is 0 Å². The first kappa shape index (κ1) is 17.4. The molecule has 1 aliphatic rings. The van der Waals surface area contributed by atoms with E-state index in [1.165, 1.54) is 0 Å². The van der Waals surface area contributed by atoms with Crippen LogP contribution in [0.25, 0.3) is 0 Å². The Kier molecular flexibility index (Phi) is 4.45. The van der Waals surface area contributed by atoms with Crippen LogP contribution in [0.1, 0.15) is 27.4 Å². The molecule has 0 atom stereocenters. The number of carbonyl (C=O) groups is 1. The molecule has 7 heteroatoms. The first-order valence-corrected chi connectivity index (χ1v) is 8.82. The quantitative estimate of drug-likeness (QED) is 0.752. The Bertz CT molecular complexity index is 978. The molecule has 0 unspecified atom stereocenters. The van der Waals surface area contributed by atoms with E-state index < -0.39 is 0 Å². The Morgan fingerprint density at radius 2 is 2.07 bits per heavy atom. The van der Waals surface area contributed by atoms with Crippen molar-refractivity contribution in [3.05, 3.63) is 71.4 Å². The van der Waals surface area contributed by atoms with Crippen LogP contribution in [-0.4, -0.2) is 38.9 Å². The molecule has 7 nitrogen and oxygen atoms in total. The van der Waals surface area contributed by atoms with Gasteiger partial charge in [0.2, 0.25) is 0 Å². The van der Waals surface area contributed by atoms with Crippen LogP contribution in [0.15, 0.2) is 48.8 Å². The molecule has 2 aromatic heterocycles. The molecule has 1 aliphatic heterocycles. The molecule has 1 fully saturated rings. The van der Waals surface area contributed by atoms with Gasteiger partial charge in [0.1, 0.15) is 18.0 Å². The number of aryl methyl sites for hydroxylation is 2. The number of ether oxygens (including phenoxy) is 1. The van der Waals surface area contributed by atoms with Crippen LogP contribution >= 0.6 is 0 Å². The van der Waals surface area contributed by atoms with Gasteiger partial charge in [-0.3, -0.25) is 4.79 Å². The van der Waals surface area contributed by atoms with Crippen molar-refractivity contribution in [1.82, 2.24) is 19.7 Å². The maximum Gasteiger partial charge on any atom is 0.256 e. The van der Waals surface area contributed by atoms with Gasteiger partial charge in [-0.1, -0.05) is 18.2 Å². The lowest BCUT2D eigenvalue weighted by Gasteiger charge is -2.41. The minimum absolute atomic E-state index is 0.177. The van der Waals surface area contributed by atoms with Crippen LogP contribution in [0.3, 0.4) is 0 Å². The van der Waals surface area contributed by atoms with Crippen molar-refractivity contribution in [3.8, 4) is 0 Å². The van der Waals surface area contributed by atoms with E-state index in [1.54, 1.807) is 12.4 Å². The predicted molar refractivity (Wildman–Crippen MR) is 101 cm³/mol. The molecule has 138 valence electrons. The molecule has 0 radical (unpaired) electrons. The van der Waals surface area contributed by atoms with Gasteiger partial charge in [0.25, 0.3) is 5.91 Å². The summed E-state index contributed by atoms with van der Waals surface area (Å²) in [5.41, 5.74) is 2.34. The van der Waals surface area contributed by atoms with E-state index in [0.29, 0.717) is 31.0 Å². The average Bonchev–Trinajstić information content (AvgIpc) is 3.03. The summed E-state index contributed by atoms with van der Waals surface area (Å²) >= 11 is 0. The molecular formula is C20H21N5O2. The Hall–Kier alpha value is -3.06. The van der Waals surface area contributed by atoms with Crippen molar-refractivity contribution in [2.24, 2.45) is 7.05 Å².